The number of nitrogens with zero attached hydrogens (tertiary/aromatic N) is 2. The Kier molecular flexibility index (Phi) is 11.9. The molecular formula is C27H38BrN3O6. The van der Waals surface area contributed by atoms with Crippen LogP contribution in [0.4, 0.5) is 0 Å². The first-order chi connectivity index (χ1) is 17.9. The van der Waals surface area contributed by atoms with E-state index in [0.29, 0.717) is 44.0 Å². The standard InChI is InChI=1S/C27H38BrN3O6/c1-3-35-16-11-20-5-6-21(28)17-24(20)27(34)29-18-25(32)31-14-9-23(10-15-31)37-22-7-12-30(13-8-22)19-26(33)36-4-2/h5-6,11,16-17,22-23H,3-4,7-10,12-15,18-19H2,1-2H3,(H,29,34)/b16-11+. The number of esters is 1. The van der Waals surface area contributed by atoms with E-state index in [-0.39, 0.29) is 36.5 Å². The second-order valence-corrected chi connectivity index (χ2v) is 10.1. The highest BCUT2D eigenvalue weighted by atomic mass is 79.9. The van der Waals surface area contributed by atoms with Crippen LogP contribution in [-0.4, -0.2) is 92.3 Å². The second-order valence-electron chi connectivity index (χ2n) is 9.17. The van der Waals surface area contributed by atoms with Crippen LogP contribution in [0, 0.1) is 0 Å². The second kappa shape index (κ2) is 15.1. The van der Waals surface area contributed by atoms with Gasteiger partial charge in [0, 0.05) is 36.2 Å². The van der Waals surface area contributed by atoms with E-state index < -0.39 is 0 Å². The molecule has 0 aromatic heterocycles. The predicted molar refractivity (Wildman–Crippen MR) is 144 cm³/mol. The molecule has 2 aliphatic rings. The number of benzene rings is 1. The van der Waals surface area contributed by atoms with Gasteiger partial charge in [0.25, 0.3) is 5.91 Å². The maximum Gasteiger partial charge on any atom is 0.320 e. The van der Waals surface area contributed by atoms with Gasteiger partial charge in [-0.1, -0.05) is 22.0 Å². The zero-order chi connectivity index (χ0) is 26.6. The number of halogens is 1. The number of nitrogens with one attached hydrogen (secondary N) is 1. The number of rotatable bonds is 11. The topological polar surface area (TPSA) is 97.4 Å². The monoisotopic (exact) mass is 579 g/mol. The molecule has 37 heavy (non-hydrogen) atoms. The van der Waals surface area contributed by atoms with Crippen LogP contribution >= 0.6 is 15.9 Å². The van der Waals surface area contributed by atoms with E-state index in [9.17, 15) is 14.4 Å². The lowest BCUT2D eigenvalue weighted by atomic mass is 10.0. The quantitative estimate of drug-likeness (QED) is 0.317. The largest absolute Gasteiger partial charge is 0.501 e. The van der Waals surface area contributed by atoms with Gasteiger partial charge in [-0.2, -0.15) is 0 Å². The van der Waals surface area contributed by atoms with Crippen molar-refractivity contribution in [3.05, 3.63) is 40.1 Å². The average Bonchev–Trinajstić information content (AvgIpc) is 2.89. The molecule has 0 unspecified atom stereocenters. The van der Waals surface area contributed by atoms with Crippen LogP contribution in [0.2, 0.25) is 0 Å². The molecule has 2 fully saturated rings. The van der Waals surface area contributed by atoms with Crippen molar-refractivity contribution in [1.82, 2.24) is 15.1 Å². The molecule has 1 aromatic carbocycles. The van der Waals surface area contributed by atoms with Crippen molar-refractivity contribution in [1.29, 1.82) is 0 Å². The Balaban J connectivity index is 1.38. The fourth-order valence-electron chi connectivity index (χ4n) is 4.56. The van der Waals surface area contributed by atoms with Gasteiger partial charge >= 0.3 is 5.97 Å². The Morgan fingerprint density at radius 2 is 1.70 bits per heavy atom. The number of piperidine rings is 2. The fraction of sp³-hybridized carbons (Fsp3) is 0.593. The Hall–Kier alpha value is -2.43. The van der Waals surface area contributed by atoms with Gasteiger partial charge in [-0.05, 0) is 63.3 Å². The first-order valence-electron chi connectivity index (χ1n) is 13.1. The summed E-state index contributed by atoms with van der Waals surface area (Å²) in [5, 5.41) is 2.76. The number of carbonyl (C=O) groups is 3. The van der Waals surface area contributed by atoms with Gasteiger partial charge in [0.15, 0.2) is 0 Å². The van der Waals surface area contributed by atoms with Gasteiger partial charge in [0.2, 0.25) is 5.91 Å². The molecule has 204 valence electrons. The summed E-state index contributed by atoms with van der Waals surface area (Å²) in [6.07, 6.45) is 6.94. The summed E-state index contributed by atoms with van der Waals surface area (Å²) in [6.45, 7) is 7.80. The maximum absolute atomic E-state index is 12.8. The first kappa shape index (κ1) is 29.1. The molecule has 0 radical (unpaired) electrons. The Morgan fingerprint density at radius 3 is 2.35 bits per heavy atom. The Bertz CT molecular complexity index is 940. The van der Waals surface area contributed by atoms with Gasteiger partial charge in [0.05, 0.1) is 44.8 Å². The van der Waals surface area contributed by atoms with Crippen LogP contribution in [0.1, 0.15) is 55.5 Å². The molecule has 1 aromatic rings. The normalized spacial score (nSPS) is 17.6. The van der Waals surface area contributed by atoms with Crippen molar-refractivity contribution in [2.75, 3.05) is 52.5 Å². The van der Waals surface area contributed by atoms with Gasteiger partial charge in [-0.15, -0.1) is 0 Å². The molecule has 3 rings (SSSR count). The minimum atomic E-state index is -0.307. The minimum Gasteiger partial charge on any atom is -0.501 e. The molecule has 2 heterocycles. The summed E-state index contributed by atoms with van der Waals surface area (Å²) in [5.41, 5.74) is 1.19. The molecular weight excluding hydrogens is 542 g/mol. The number of hydrogen-bond acceptors (Lipinski definition) is 7. The van der Waals surface area contributed by atoms with E-state index in [1.807, 2.05) is 26.0 Å². The molecule has 1 N–H and O–H groups in total. The summed E-state index contributed by atoms with van der Waals surface area (Å²) < 4.78 is 17.4. The van der Waals surface area contributed by atoms with Crippen LogP contribution in [0.15, 0.2) is 28.9 Å². The van der Waals surface area contributed by atoms with Gasteiger partial charge in [-0.25, -0.2) is 0 Å². The molecule has 10 heteroatoms. The highest BCUT2D eigenvalue weighted by Crippen LogP contribution is 2.22. The van der Waals surface area contributed by atoms with Crippen LogP contribution < -0.4 is 5.32 Å². The van der Waals surface area contributed by atoms with E-state index in [0.717, 1.165) is 43.2 Å². The van der Waals surface area contributed by atoms with Crippen molar-refractivity contribution in [2.45, 2.75) is 51.7 Å². The third-order valence-corrected chi connectivity index (χ3v) is 7.04. The van der Waals surface area contributed by atoms with E-state index in [1.54, 1.807) is 23.3 Å². The third kappa shape index (κ3) is 9.43. The van der Waals surface area contributed by atoms with Crippen molar-refractivity contribution in [3.63, 3.8) is 0 Å². The summed E-state index contributed by atoms with van der Waals surface area (Å²) in [7, 11) is 0. The molecule has 0 spiro atoms. The van der Waals surface area contributed by atoms with Crippen molar-refractivity contribution in [2.24, 2.45) is 0 Å². The van der Waals surface area contributed by atoms with Gasteiger partial charge in [0.1, 0.15) is 0 Å². The van der Waals surface area contributed by atoms with Crippen LogP contribution in [-0.2, 0) is 23.8 Å². The molecule has 2 saturated heterocycles. The van der Waals surface area contributed by atoms with E-state index >= 15 is 0 Å². The fourth-order valence-corrected chi connectivity index (χ4v) is 4.92. The molecule has 2 amide bonds. The lowest BCUT2D eigenvalue weighted by Gasteiger charge is -2.37. The van der Waals surface area contributed by atoms with Gasteiger partial charge < -0.3 is 24.4 Å². The van der Waals surface area contributed by atoms with Gasteiger partial charge in [-0.3, -0.25) is 19.3 Å². The van der Waals surface area contributed by atoms with E-state index in [4.69, 9.17) is 14.2 Å². The lowest BCUT2D eigenvalue weighted by molar-refractivity contribution is -0.145. The number of likely N-dealkylation sites (tertiary alicyclic amines) is 2. The average molecular weight is 581 g/mol. The Morgan fingerprint density at radius 1 is 1.03 bits per heavy atom. The van der Waals surface area contributed by atoms with E-state index in [2.05, 4.69) is 26.1 Å². The molecule has 0 aliphatic carbocycles. The SMILES string of the molecule is CCO/C=C/c1ccc(Br)cc1C(=O)NCC(=O)N1CCC(OC2CCN(CC(=O)OCC)CC2)CC1. The van der Waals surface area contributed by atoms with E-state index in [1.165, 1.54) is 0 Å². The van der Waals surface area contributed by atoms with Crippen LogP contribution in [0.5, 0.6) is 0 Å². The van der Waals surface area contributed by atoms with Crippen LogP contribution in [0.3, 0.4) is 0 Å². The number of ether oxygens (including phenoxy) is 3. The number of carbonyl (C=O) groups excluding carboxylic acids is 3. The van der Waals surface area contributed by atoms with Crippen LogP contribution in [0.25, 0.3) is 6.08 Å². The smallest absolute Gasteiger partial charge is 0.320 e. The summed E-state index contributed by atoms with van der Waals surface area (Å²) >= 11 is 3.40. The van der Waals surface area contributed by atoms with Crippen molar-refractivity contribution < 1.29 is 28.6 Å². The highest BCUT2D eigenvalue weighted by molar-refractivity contribution is 9.10. The summed E-state index contributed by atoms with van der Waals surface area (Å²) in [6, 6.07) is 5.41. The molecule has 9 nitrogen and oxygen atoms in total. The zero-order valence-corrected chi connectivity index (χ0v) is 23.3. The minimum absolute atomic E-state index is 0.0512. The van der Waals surface area contributed by atoms with Crippen molar-refractivity contribution in [3.8, 4) is 0 Å². The molecule has 2 aliphatic heterocycles. The lowest BCUT2D eigenvalue weighted by Crippen LogP contribution is -2.47. The predicted octanol–water partition coefficient (Wildman–Crippen LogP) is 3.22. The first-order valence-corrected chi connectivity index (χ1v) is 13.9. The third-order valence-electron chi connectivity index (χ3n) is 6.54. The Labute approximate surface area is 227 Å². The molecule has 0 bridgehead atoms. The maximum atomic E-state index is 12.8. The number of amides is 2. The molecule has 0 saturated carbocycles. The zero-order valence-electron chi connectivity index (χ0n) is 21.7. The summed E-state index contributed by atoms with van der Waals surface area (Å²) in [5.74, 6) is -0.579. The summed E-state index contributed by atoms with van der Waals surface area (Å²) in [4.78, 5) is 41.1. The molecule has 0 atom stereocenters. The van der Waals surface area contributed by atoms with Crippen molar-refractivity contribution >= 4 is 39.8 Å². The highest BCUT2D eigenvalue weighted by Gasteiger charge is 2.28. The number of hydrogen-bond donors (Lipinski definition) is 1.